The van der Waals surface area contributed by atoms with Crippen LogP contribution < -0.4 is 14.8 Å². The molecule has 216 valence electrons. The number of piperazine rings is 1. The minimum Gasteiger partial charge on any atom is -0.493 e. The molecule has 2 heterocycles. The number of amides is 4. The normalized spacial score (nSPS) is 19.6. The van der Waals surface area contributed by atoms with Gasteiger partial charge < -0.3 is 24.6 Å². The summed E-state index contributed by atoms with van der Waals surface area (Å²) in [5.41, 5.74) is 1.72. The van der Waals surface area contributed by atoms with Crippen molar-refractivity contribution in [1.29, 1.82) is 0 Å². The number of likely N-dealkylation sites (N-methyl/N-ethyl adjacent to an activating group) is 1. The molecule has 0 bridgehead atoms. The number of nitrogens with zero attached hydrogens (tertiary/aromatic N) is 4. The smallest absolute Gasteiger partial charge is 0.334 e. The molecule has 2 aliphatic rings. The van der Waals surface area contributed by atoms with Crippen molar-refractivity contribution in [2.75, 3.05) is 40.9 Å². The van der Waals surface area contributed by atoms with E-state index in [0.29, 0.717) is 30.9 Å². The average molecular weight is 556 g/mol. The van der Waals surface area contributed by atoms with Crippen LogP contribution >= 0.6 is 0 Å². The van der Waals surface area contributed by atoms with Gasteiger partial charge in [0.05, 0.1) is 27.3 Å². The Balaban J connectivity index is 1.56. The summed E-state index contributed by atoms with van der Waals surface area (Å²) in [6.07, 6.45) is 0.391. The molecular weight excluding hydrogens is 517 g/mol. The van der Waals surface area contributed by atoms with Gasteiger partial charge in [-0.25, -0.2) is 19.2 Å². The van der Waals surface area contributed by atoms with Crippen molar-refractivity contribution in [1.82, 2.24) is 25.1 Å². The van der Waals surface area contributed by atoms with Gasteiger partial charge in [0.2, 0.25) is 11.8 Å². The largest absolute Gasteiger partial charge is 0.493 e. The van der Waals surface area contributed by atoms with Gasteiger partial charge in [-0.1, -0.05) is 32.0 Å². The van der Waals surface area contributed by atoms with Gasteiger partial charge in [0.1, 0.15) is 18.0 Å². The van der Waals surface area contributed by atoms with Crippen LogP contribution in [0.25, 0.3) is 0 Å². The molecule has 2 aromatic rings. The number of hydrogen-bond acceptors (Lipinski definition) is 6. The molecule has 4 rings (SSSR count). The molecule has 0 spiro atoms. The van der Waals surface area contributed by atoms with Crippen LogP contribution in [0.3, 0.4) is 0 Å². The zero-order chi connectivity index (χ0) is 29.0. The maximum atomic E-state index is 13.7. The van der Waals surface area contributed by atoms with Crippen molar-refractivity contribution in [2.45, 2.75) is 45.4 Å². The van der Waals surface area contributed by atoms with Crippen molar-refractivity contribution in [3.63, 3.8) is 0 Å². The van der Waals surface area contributed by atoms with Gasteiger partial charge >= 0.3 is 6.03 Å². The van der Waals surface area contributed by atoms with E-state index in [1.54, 1.807) is 48.2 Å². The molecule has 0 unspecified atom stereocenters. The number of fused-ring (bicyclic) bond motifs is 1. The molecule has 2 aliphatic heterocycles. The highest BCUT2D eigenvalue weighted by molar-refractivity contribution is 5.91. The zero-order valence-corrected chi connectivity index (χ0v) is 23.7. The van der Waals surface area contributed by atoms with E-state index in [1.807, 2.05) is 32.0 Å². The molecule has 2 aromatic carbocycles. The van der Waals surface area contributed by atoms with E-state index < -0.39 is 18.2 Å². The monoisotopic (exact) mass is 555 g/mol. The maximum Gasteiger partial charge on any atom is 0.334 e. The van der Waals surface area contributed by atoms with Crippen molar-refractivity contribution in [2.24, 2.45) is 5.92 Å². The van der Waals surface area contributed by atoms with E-state index in [0.717, 1.165) is 11.1 Å². The lowest BCUT2D eigenvalue weighted by Gasteiger charge is -2.54. The minimum absolute atomic E-state index is 0.0199. The zero-order valence-electron chi connectivity index (χ0n) is 23.7. The van der Waals surface area contributed by atoms with Crippen LogP contribution in [0.5, 0.6) is 11.5 Å². The Labute approximate surface area is 234 Å². The van der Waals surface area contributed by atoms with Gasteiger partial charge in [-0.3, -0.25) is 9.59 Å². The quantitative estimate of drug-likeness (QED) is 0.512. The summed E-state index contributed by atoms with van der Waals surface area (Å²) in [5.74, 6) is 0.741. The second-order valence-electron chi connectivity index (χ2n) is 10.6. The molecule has 0 radical (unpaired) electrons. The average Bonchev–Trinajstić information content (AvgIpc) is 2.92. The first kappa shape index (κ1) is 29.1. The molecular formula is C29H38FN5O5. The van der Waals surface area contributed by atoms with Crippen LogP contribution in [0.2, 0.25) is 0 Å². The highest BCUT2D eigenvalue weighted by Crippen LogP contribution is 2.30. The van der Waals surface area contributed by atoms with E-state index in [4.69, 9.17) is 9.47 Å². The van der Waals surface area contributed by atoms with Crippen LogP contribution in [0, 0.1) is 11.7 Å². The Hall–Kier alpha value is -3.86. The highest BCUT2D eigenvalue weighted by Gasteiger charge is 2.50. The van der Waals surface area contributed by atoms with Gasteiger partial charge in [0, 0.05) is 20.1 Å². The lowest BCUT2D eigenvalue weighted by molar-refractivity contribution is -0.187. The molecule has 2 fully saturated rings. The van der Waals surface area contributed by atoms with Gasteiger partial charge in [-0.05, 0) is 54.2 Å². The predicted octanol–water partition coefficient (Wildman–Crippen LogP) is 2.87. The molecule has 10 nitrogen and oxygen atoms in total. The lowest BCUT2D eigenvalue weighted by Crippen LogP contribution is -2.76. The Morgan fingerprint density at radius 2 is 1.73 bits per heavy atom. The third-order valence-corrected chi connectivity index (χ3v) is 7.32. The number of ether oxygens (including phenoxy) is 2. The Morgan fingerprint density at radius 3 is 2.38 bits per heavy atom. The molecule has 1 N–H and O–H groups in total. The van der Waals surface area contributed by atoms with Crippen molar-refractivity contribution < 1.29 is 28.2 Å². The number of nitrogens with one attached hydrogen (secondary N) is 1. The third-order valence-electron chi connectivity index (χ3n) is 7.32. The third kappa shape index (κ3) is 6.30. The fraction of sp³-hybridized carbons (Fsp3) is 0.483. The van der Waals surface area contributed by atoms with E-state index in [1.165, 1.54) is 17.1 Å². The molecule has 0 saturated carbocycles. The number of carbonyl (C=O) groups is 3. The minimum atomic E-state index is -0.669. The van der Waals surface area contributed by atoms with Gasteiger partial charge in [-0.15, -0.1) is 0 Å². The first-order valence-electron chi connectivity index (χ1n) is 13.5. The first-order chi connectivity index (χ1) is 19.1. The summed E-state index contributed by atoms with van der Waals surface area (Å²) < 4.78 is 24.1. The Bertz CT molecular complexity index is 1220. The van der Waals surface area contributed by atoms with E-state index in [2.05, 4.69) is 5.32 Å². The number of carbonyl (C=O) groups excluding carboxylic acids is 3. The lowest BCUT2D eigenvalue weighted by atomic mass is 9.96. The maximum absolute atomic E-state index is 13.7. The standard InChI is InChI=1S/C29H38FN5O5/c1-19(2)14-23-28(37)33(13-12-20-8-11-24(39-4)25(15-20)40-5)17-26-34(23)27(36)18-32(3)35(26)29(38)31-16-21-6-9-22(30)10-7-21/h6-11,15,19,23,26H,12-14,16-18H2,1-5H3,(H,31,38)/t23-,26-/m0/s1. The number of halogens is 1. The number of methoxy groups -OCH3 is 2. The number of hydrogen-bond donors (Lipinski definition) is 1. The summed E-state index contributed by atoms with van der Waals surface area (Å²) in [6.45, 7) is 4.80. The van der Waals surface area contributed by atoms with Crippen LogP contribution in [0.1, 0.15) is 31.4 Å². The second kappa shape index (κ2) is 12.5. The van der Waals surface area contributed by atoms with E-state index in [9.17, 15) is 18.8 Å². The van der Waals surface area contributed by atoms with Crippen LogP contribution in [0.4, 0.5) is 9.18 Å². The summed E-state index contributed by atoms with van der Waals surface area (Å²) >= 11 is 0. The summed E-state index contributed by atoms with van der Waals surface area (Å²) in [4.78, 5) is 43.8. The van der Waals surface area contributed by atoms with Gasteiger partial charge in [-0.2, -0.15) is 0 Å². The van der Waals surface area contributed by atoms with Crippen molar-refractivity contribution in [3.8, 4) is 11.5 Å². The molecule has 0 aliphatic carbocycles. The fourth-order valence-corrected chi connectivity index (χ4v) is 5.34. The summed E-state index contributed by atoms with van der Waals surface area (Å²) in [5, 5.41) is 6.00. The Kier molecular flexibility index (Phi) is 9.14. The van der Waals surface area contributed by atoms with Gasteiger partial charge in [0.25, 0.3) is 0 Å². The summed E-state index contributed by atoms with van der Waals surface area (Å²) in [7, 11) is 4.84. The highest BCUT2D eigenvalue weighted by atomic mass is 19.1. The van der Waals surface area contributed by atoms with E-state index in [-0.39, 0.29) is 43.2 Å². The van der Waals surface area contributed by atoms with E-state index >= 15 is 0 Å². The van der Waals surface area contributed by atoms with Crippen LogP contribution in [-0.2, 0) is 22.6 Å². The molecule has 0 aromatic heterocycles. The first-order valence-corrected chi connectivity index (χ1v) is 13.5. The molecule has 2 saturated heterocycles. The molecule has 2 atom stereocenters. The molecule has 11 heteroatoms. The number of benzene rings is 2. The van der Waals surface area contributed by atoms with Crippen molar-refractivity contribution >= 4 is 17.8 Å². The van der Waals surface area contributed by atoms with Crippen LogP contribution in [-0.4, -0.2) is 90.8 Å². The summed E-state index contributed by atoms with van der Waals surface area (Å²) in [6, 6.07) is 10.5. The van der Waals surface area contributed by atoms with Crippen LogP contribution in [0.15, 0.2) is 42.5 Å². The molecule has 40 heavy (non-hydrogen) atoms. The van der Waals surface area contributed by atoms with Gasteiger partial charge in [0.15, 0.2) is 11.5 Å². The number of hydrazine groups is 1. The molecule has 4 amide bonds. The number of urea groups is 1. The predicted molar refractivity (Wildman–Crippen MR) is 147 cm³/mol. The second-order valence-corrected chi connectivity index (χ2v) is 10.6. The van der Waals surface area contributed by atoms with Crippen molar-refractivity contribution in [3.05, 3.63) is 59.4 Å². The number of rotatable bonds is 9. The Morgan fingerprint density at radius 1 is 1.05 bits per heavy atom. The SMILES string of the molecule is COc1ccc(CCN2C[C@H]3N(C(=O)CN(C)N3C(=O)NCc3ccc(F)cc3)[C@@H](CC(C)C)C2=O)cc1OC. The fourth-order valence-electron chi connectivity index (χ4n) is 5.34. The topological polar surface area (TPSA) is 94.7 Å².